The van der Waals surface area contributed by atoms with Crippen molar-refractivity contribution in [1.82, 2.24) is 0 Å². The molecule has 2 aliphatic carbocycles. The van der Waals surface area contributed by atoms with Gasteiger partial charge in [-0.1, -0.05) is 73.1 Å². The van der Waals surface area contributed by atoms with E-state index in [1.807, 2.05) is 26.0 Å². The number of carbonyl (C=O) groups excluding carboxylic acids is 2. The van der Waals surface area contributed by atoms with Crippen LogP contribution in [0.2, 0.25) is 0 Å². The summed E-state index contributed by atoms with van der Waals surface area (Å²) in [4.78, 5) is 34.9. The quantitative estimate of drug-likeness (QED) is 0.0384. The summed E-state index contributed by atoms with van der Waals surface area (Å²) in [6.45, 7) is 14.5. The summed E-state index contributed by atoms with van der Waals surface area (Å²) >= 11 is 0. The molecule has 2 aliphatic rings. The van der Waals surface area contributed by atoms with Crippen molar-refractivity contribution in [2.24, 2.45) is 11.1 Å². The molecule has 0 spiro atoms. The Morgan fingerprint density at radius 2 is 1.49 bits per heavy atom. The standard InChI is InChI=1S/C20H28O2.C16H16O5.C8H11NO3/c1-15(8-6-9-16(2)14-19(21)22)11-12-18-17(3)10-7-13-20(18,4)5;1-8(2)3-4-10(17)9-7-13(20)14-11(18)5-6-12(19)15(14)16(9)21;9-4-8(12)5-1-2-6(10)7(11)3-5/h6,8-9,11-12,14H,7,10,13H2,1-5H3,(H,21,22);3,5-7,10,17-19H,4H2,1-2H3;1-3,8,10-12H,4,9H2/b9-6+,12-11+,15-8+,16-14-;;/t;10-;8-/m.00/s1. The molecule has 0 unspecified atom stereocenters. The first-order valence-corrected chi connectivity index (χ1v) is 17.9. The molecule has 296 valence electrons. The fourth-order valence-electron chi connectivity index (χ4n) is 5.96. The Hall–Kier alpha value is -5.49. The fraction of sp³-hybridized carbons (Fsp3) is 0.341. The first-order chi connectivity index (χ1) is 25.7. The fourth-order valence-corrected chi connectivity index (χ4v) is 5.96. The molecule has 0 heterocycles. The topological polar surface area (TPSA) is 219 Å². The lowest BCUT2D eigenvalue weighted by Gasteiger charge is -2.32. The molecule has 0 bridgehead atoms. The average Bonchev–Trinajstić information content (AvgIpc) is 3.10. The number of hydrogen-bond donors (Lipinski definition) is 8. The lowest BCUT2D eigenvalue weighted by atomic mass is 9.72. The van der Waals surface area contributed by atoms with E-state index in [0.717, 1.165) is 34.9 Å². The molecule has 55 heavy (non-hydrogen) atoms. The van der Waals surface area contributed by atoms with Gasteiger partial charge in [0.05, 0.1) is 23.3 Å². The van der Waals surface area contributed by atoms with Crippen LogP contribution in [-0.4, -0.2) is 65.9 Å². The summed E-state index contributed by atoms with van der Waals surface area (Å²) in [5, 5.41) is 65.4. The van der Waals surface area contributed by atoms with Gasteiger partial charge in [-0.3, -0.25) is 9.59 Å². The number of carboxylic acid groups (broad SMARTS) is 1. The minimum absolute atomic E-state index is 0.0779. The summed E-state index contributed by atoms with van der Waals surface area (Å²) in [7, 11) is 0. The lowest BCUT2D eigenvalue weighted by Crippen LogP contribution is -2.25. The van der Waals surface area contributed by atoms with Crippen molar-refractivity contribution in [3.8, 4) is 23.0 Å². The van der Waals surface area contributed by atoms with Gasteiger partial charge >= 0.3 is 5.97 Å². The summed E-state index contributed by atoms with van der Waals surface area (Å²) < 4.78 is 0. The average molecular weight is 758 g/mol. The number of aliphatic hydroxyl groups excluding tert-OH is 2. The Morgan fingerprint density at radius 1 is 0.873 bits per heavy atom. The monoisotopic (exact) mass is 757 g/mol. The first kappa shape index (κ1) is 45.7. The number of Topliss-reactive ketones (excluding diaryl/α,β-unsaturated/α-hetero) is 1. The van der Waals surface area contributed by atoms with E-state index in [-0.39, 0.29) is 58.1 Å². The second-order valence-corrected chi connectivity index (χ2v) is 14.4. The molecular formula is C44H55NO10. The second-order valence-electron chi connectivity index (χ2n) is 14.4. The molecule has 11 nitrogen and oxygen atoms in total. The highest BCUT2D eigenvalue weighted by molar-refractivity contribution is 6.27. The van der Waals surface area contributed by atoms with Crippen molar-refractivity contribution >= 4 is 17.5 Å². The van der Waals surface area contributed by atoms with Gasteiger partial charge in [-0.25, -0.2) is 4.79 Å². The third kappa shape index (κ3) is 13.7. The third-order valence-electron chi connectivity index (χ3n) is 9.02. The third-order valence-corrected chi connectivity index (χ3v) is 9.02. The number of benzene rings is 2. The van der Waals surface area contributed by atoms with Crippen LogP contribution in [0.1, 0.15) is 107 Å². The summed E-state index contributed by atoms with van der Waals surface area (Å²) in [5.41, 5.74) is 11.2. The van der Waals surface area contributed by atoms with E-state index in [2.05, 4.69) is 39.8 Å². The van der Waals surface area contributed by atoms with Crippen LogP contribution in [0, 0.1) is 5.41 Å². The number of carbonyl (C=O) groups is 3. The first-order valence-electron chi connectivity index (χ1n) is 17.9. The molecule has 0 saturated carbocycles. The predicted molar refractivity (Wildman–Crippen MR) is 214 cm³/mol. The maximum atomic E-state index is 12.3. The van der Waals surface area contributed by atoms with Gasteiger partial charge in [0.25, 0.3) is 0 Å². The zero-order valence-electron chi connectivity index (χ0n) is 32.6. The van der Waals surface area contributed by atoms with Crippen LogP contribution in [0.4, 0.5) is 0 Å². The van der Waals surface area contributed by atoms with E-state index in [1.165, 1.54) is 54.7 Å². The molecule has 0 fully saturated rings. The molecule has 0 saturated heterocycles. The Labute approximate surface area is 323 Å². The van der Waals surface area contributed by atoms with Gasteiger partial charge in [0.1, 0.15) is 11.5 Å². The number of phenolic OH excluding ortho intramolecular Hbond substituents is 4. The van der Waals surface area contributed by atoms with E-state index in [0.29, 0.717) is 5.56 Å². The van der Waals surface area contributed by atoms with E-state index in [9.17, 15) is 34.8 Å². The van der Waals surface area contributed by atoms with Crippen LogP contribution in [-0.2, 0) is 4.79 Å². The second kappa shape index (κ2) is 20.8. The van der Waals surface area contributed by atoms with E-state index in [4.69, 9.17) is 21.1 Å². The van der Waals surface area contributed by atoms with Gasteiger partial charge in [-0.15, -0.1) is 0 Å². The maximum Gasteiger partial charge on any atom is 0.328 e. The van der Waals surface area contributed by atoms with Gasteiger partial charge in [0.2, 0.25) is 0 Å². The number of ketones is 2. The molecule has 4 rings (SSSR count). The number of rotatable bonds is 10. The van der Waals surface area contributed by atoms with Crippen LogP contribution in [0.15, 0.2) is 112 Å². The number of allylic oxidation sites excluding steroid dienone is 11. The Balaban J connectivity index is 0.000000297. The molecular weight excluding hydrogens is 702 g/mol. The normalized spacial score (nSPS) is 16.7. The zero-order chi connectivity index (χ0) is 41.6. The van der Waals surface area contributed by atoms with Crippen LogP contribution < -0.4 is 5.73 Å². The Morgan fingerprint density at radius 3 is 2.05 bits per heavy atom. The summed E-state index contributed by atoms with van der Waals surface area (Å²) in [6.07, 6.45) is 16.1. The van der Waals surface area contributed by atoms with Crippen LogP contribution in [0.25, 0.3) is 0 Å². The molecule has 2 aromatic carbocycles. The maximum absolute atomic E-state index is 12.3. The van der Waals surface area contributed by atoms with Gasteiger partial charge < -0.3 is 41.5 Å². The molecule has 9 N–H and O–H groups in total. The molecule has 0 aromatic heterocycles. The minimum atomic E-state index is -1.13. The summed E-state index contributed by atoms with van der Waals surface area (Å²) in [5.74, 6) is -3.37. The Bertz CT molecular complexity index is 1950. The number of phenols is 4. The number of aliphatic carboxylic acids is 1. The van der Waals surface area contributed by atoms with E-state index < -0.39 is 29.7 Å². The number of aromatic hydroxyl groups is 4. The van der Waals surface area contributed by atoms with Crippen molar-refractivity contribution < 1.29 is 50.1 Å². The highest BCUT2D eigenvalue weighted by Crippen LogP contribution is 2.41. The van der Waals surface area contributed by atoms with Crippen LogP contribution in [0.5, 0.6) is 23.0 Å². The number of carboxylic acids is 1. The van der Waals surface area contributed by atoms with Crippen LogP contribution in [0.3, 0.4) is 0 Å². The molecule has 0 radical (unpaired) electrons. The molecule has 0 amide bonds. The highest BCUT2D eigenvalue weighted by atomic mass is 16.4. The largest absolute Gasteiger partial charge is 0.507 e. The highest BCUT2D eigenvalue weighted by Gasteiger charge is 2.33. The van der Waals surface area contributed by atoms with Gasteiger partial charge in [-0.2, -0.15) is 0 Å². The zero-order valence-corrected chi connectivity index (χ0v) is 32.6. The molecule has 0 aliphatic heterocycles. The van der Waals surface area contributed by atoms with Gasteiger partial charge in [-0.05, 0) is 113 Å². The van der Waals surface area contributed by atoms with Crippen LogP contribution >= 0.6 is 0 Å². The van der Waals surface area contributed by atoms with Crippen molar-refractivity contribution in [3.63, 3.8) is 0 Å². The predicted octanol–water partition coefficient (Wildman–Crippen LogP) is 7.81. The van der Waals surface area contributed by atoms with Crippen molar-refractivity contribution in [2.75, 3.05) is 6.54 Å². The van der Waals surface area contributed by atoms with E-state index in [1.54, 1.807) is 19.1 Å². The van der Waals surface area contributed by atoms with Crippen molar-refractivity contribution in [1.29, 1.82) is 0 Å². The number of fused-ring (bicyclic) bond motifs is 1. The number of aliphatic hydroxyl groups is 2. The smallest absolute Gasteiger partial charge is 0.328 e. The molecule has 2 aromatic rings. The minimum Gasteiger partial charge on any atom is -0.507 e. The van der Waals surface area contributed by atoms with Crippen molar-refractivity contribution in [2.45, 2.75) is 86.4 Å². The molecule has 11 heteroatoms. The lowest BCUT2D eigenvalue weighted by molar-refractivity contribution is -0.131. The van der Waals surface area contributed by atoms with Gasteiger partial charge in [0, 0.05) is 18.2 Å². The Kier molecular flexibility index (Phi) is 17.3. The van der Waals surface area contributed by atoms with Gasteiger partial charge in [0.15, 0.2) is 23.1 Å². The number of hydrogen-bond acceptors (Lipinski definition) is 10. The SMILES string of the molecule is CC(C)=CC[C@H](O)C1=CC(=O)c2c(O)ccc(O)c2C1=O.CC1=C(/C=C/C(C)=C/C=C/C(C)=C\C(=O)O)C(C)(C)CCC1.NC[C@H](O)c1ccc(O)c(O)c1. The number of nitrogens with two attached hydrogens (primary N) is 1. The van der Waals surface area contributed by atoms with E-state index >= 15 is 0 Å². The molecule has 2 atom stereocenters. The summed E-state index contributed by atoms with van der Waals surface area (Å²) in [6, 6.07) is 6.39. The van der Waals surface area contributed by atoms with Crippen molar-refractivity contribution in [3.05, 3.63) is 129 Å².